The monoisotopic (exact) mass is 482 g/mol. The lowest BCUT2D eigenvalue weighted by Crippen LogP contribution is -2.68. The van der Waals surface area contributed by atoms with Gasteiger partial charge >= 0.3 is 0 Å². The van der Waals surface area contributed by atoms with Crippen molar-refractivity contribution in [1.29, 1.82) is 0 Å². The van der Waals surface area contributed by atoms with E-state index in [0.717, 1.165) is 32.1 Å². The molecule has 175 valence electrons. The summed E-state index contributed by atoms with van der Waals surface area (Å²) in [6.07, 6.45) is 7.79. The van der Waals surface area contributed by atoms with Gasteiger partial charge in [0, 0.05) is 12.1 Å². The van der Waals surface area contributed by atoms with Gasteiger partial charge in [-0.3, -0.25) is 10.5 Å². The van der Waals surface area contributed by atoms with Gasteiger partial charge < -0.3 is 0 Å². The van der Waals surface area contributed by atoms with Crippen LogP contribution in [0.5, 0.6) is 0 Å². The molecule has 0 spiro atoms. The Labute approximate surface area is 199 Å². The number of fused-ring (bicyclic) bond motifs is 2. The predicted molar refractivity (Wildman–Crippen MR) is 146 cm³/mol. The van der Waals surface area contributed by atoms with Crippen LogP contribution in [0, 0.1) is 0 Å². The Hall–Kier alpha value is -0.919. The fourth-order valence-electron chi connectivity index (χ4n) is 8.44. The molecule has 1 N–H and O–H groups in total. The van der Waals surface area contributed by atoms with Crippen molar-refractivity contribution in [3.05, 3.63) is 40.0 Å². The average molecular weight is 483 g/mol. The number of allylic oxidation sites excluding steroid dienone is 1. The van der Waals surface area contributed by atoms with Crippen LogP contribution in [0.2, 0.25) is 44.3 Å². The summed E-state index contributed by atoms with van der Waals surface area (Å²) in [5.41, 5.74) is 16.3. The van der Waals surface area contributed by atoms with Gasteiger partial charge in [-0.25, -0.2) is 0 Å². The first-order valence-electron chi connectivity index (χ1n) is 12.7. The molecule has 1 saturated carbocycles. The highest BCUT2D eigenvalue weighted by molar-refractivity contribution is 7.72. The van der Waals surface area contributed by atoms with Crippen molar-refractivity contribution >= 4 is 34.3 Å². The van der Waals surface area contributed by atoms with Gasteiger partial charge in [0.25, 0.3) is 0 Å². The van der Waals surface area contributed by atoms with Crippen LogP contribution < -0.4 is 5.73 Å². The highest BCUT2D eigenvalue weighted by atomic mass is 29.6. The zero-order valence-electron chi connectivity index (χ0n) is 22.2. The molecule has 2 aliphatic carbocycles. The van der Waals surface area contributed by atoms with E-state index >= 15 is 0 Å². The molecule has 1 aliphatic heterocycles. The number of hydrogen-bond donors (Lipinski definition) is 0. The lowest BCUT2D eigenvalue weighted by Gasteiger charge is -2.50. The number of rotatable bonds is 3. The van der Waals surface area contributed by atoms with E-state index in [0.29, 0.717) is 0 Å². The normalized spacial score (nSPS) is 31.9. The van der Waals surface area contributed by atoms with E-state index in [4.69, 9.17) is 5.73 Å². The van der Waals surface area contributed by atoms with E-state index in [1.54, 1.807) is 0 Å². The molecule has 2 fully saturated rings. The van der Waals surface area contributed by atoms with E-state index in [-0.39, 0.29) is 16.4 Å². The lowest BCUT2D eigenvalue weighted by atomic mass is 9.77. The van der Waals surface area contributed by atoms with Gasteiger partial charge in [0.2, 0.25) is 5.91 Å². The molecule has 2 unspecified atom stereocenters. The van der Waals surface area contributed by atoms with Gasteiger partial charge in [0.1, 0.15) is 0 Å². The van der Waals surface area contributed by atoms with Crippen LogP contribution in [0.15, 0.2) is 17.7 Å². The fraction of sp³-hybridized carbons (Fsp3) is 0.667. The third-order valence-electron chi connectivity index (χ3n) is 11.3. The maximum atomic E-state index is 13.7. The molecule has 1 aromatic rings. The van der Waals surface area contributed by atoms with E-state index in [9.17, 15) is 4.79 Å². The second-order valence-electron chi connectivity index (χ2n) is 13.5. The number of benzene rings is 1. The number of carbonyl (C=O) groups is 1. The third-order valence-corrected chi connectivity index (χ3v) is 56.5. The topological polar surface area (TPSA) is 40.9 Å². The maximum Gasteiger partial charge on any atom is 0.242 e. The Balaban J connectivity index is 2.16. The molecule has 1 aromatic carbocycles. The van der Waals surface area contributed by atoms with Gasteiger partial charge in [-0.2, -0.15) is 0 Å². The second-order valence-corrected chi connectivity index (χ2v) is 41.5. The Morgan fingerprint density at radius 3 is 2.19 bits per heavy atom. The molecule has 2 nitrogen and oxygen atoms in total. The molecule has 2 atom stereocenters. The summed E-state index contributed by atoms with van der Waals surface area (Å²) >= 11 is 0. The fourth-order valence-corrected chi connectivity index (χ4v) is 52.2. The van der Waals surface area contributed by atoms with E-state index < -0.39 is 27.3 Å². The number of nitrogens with one attached hydrogen (secondary N) is 1. The molecule has 1 radical (unpaired) electrons. The van der Waals surface area contributed by atoms with Gasteiger partial charge in [-0.1, -0.05) is 97.2 Å². The maximum absolute atomic E-state index is 13.7. The minimum atomic E-state index is -1.98. The molecular weight excluding hydrogens is 439 g/mol. The van der Waals surface area contributed by atoms with Crippen molar-refractivity contribution in [2.45, 2.75) is 115 Å². The molecular formula is C27H44NOSi3. The summed E-state index contributed by atoms with van der Waals surface area (Å²) in [7, 11) is -5.54. The van der Waals surface area contributed by atoms with Crippen LogP contribution in [-0.2, 0) is 21.7 Å². The van der Waals surface area contributed by atoms with E-state index in [2.05, 4.69) is 85.2 Å². The largest absolute Gasteiger partial charge is 0.273 e. The first-order chi connectivity index (χ1) is 14.5. The summed E-state index contributed by atoms with van der Waals surface area (Å²) in [6, 6.07) is 4.98. The van der Waals surface area contributed by atoms with Crippen LogP contribution in [0.4, 0.5) is 0 Å². The molecule has 32 heavy (non-hydrogen) atoms. The molecule has 1 amide bonds. The minimum Gasteiger partial charge on any atom is -0.273 e. The summed E-state index contributed by atoms with van der Waals surface area (Å²) in [6.45, 7) is 24.8. The minimum absolute atomic E-state index is 0.0628. The van der Waals surface area contributed by atoms with Crippen LogP contribution in [0.25, 0.3) is 6.08 Å². The summed E-state index contributed by atoms with van der Waals surface area (Å²) in [5.74, 6) is -0.207. The zero-order valence-corrected chi connectivity index (χ0v) is 25.2. The second kappa shape index (κ2) is 6.82. The SMILES string of the molecule is CCC1=Cc2cc(C(C)(C)C)cc(C34CCCC3(C([NH])=O)[Si](C)(C)[Si](C)(C)[Si]4(C)C)c2C1. The first kappa shape index (κ1) is 24.2. The number of hydrogen-bond acceptors (Lipinski definition) is 1. The van der Waals surface area contributed by atoms with Gasteiger partial charge in [-0.15, -0.1) is 0 Å². The Bertz CT molecular complexity index is 1030. The van der Waals surface area contributed by atoms with Crippen molar-refractivity contribution in [2.75, 3.05) is 0 Å². The van der Waals surface area contributed by atoms with Crippen molar-refractivity contribution in [1.82, 2.24) is 5.73 Å². The van der Waals surface area contributed by atoms with Crippen LogP contribution in [0.1, 0.15) is 75.6 Å². The molecule has 0 aromatic heterocycles. The molecule has 4 rings (SSSR count). The van der Waals surface area contributed by atoms with Crippen molar-refractivity contribution in [2.24, 2.45) is 0 Å². The Morgan fingerprint density at radius 2 is 1.66 bits per heavy atom. The first-order valence-corrected chi connectivity index (χ1v) is 23.7. The highest BCUT2D eigenvalue weighted by Crippen LogP contribution is 2.76. The van der Waals surface area contributed by atoms with Crippen LogP contribution >= 0.6 is 0 Å². The van der Waals surface area contributed by atoms with Gasteiger partial charge in [0.15, 0.2) is 0 Å². The molecule has 3 aliphatic rings. The van der Waals surface area contributed by atoms with Gasteiger partial charge in [-0.05, 0) is 58.4 Å². The number of amides is 1. The average Bonchev–Trinajstić information content (AvgIpc) is 3.30. The molecule has 5 heteroatoms. The highest BCUT2D eigenvalue weighted by Gasteiger charge is 2.84. The van der Waals surface area contributed by atoms with E-state index in [1.165, 1.54) is 27.8 Å². The van der Waals surface area contributed by atoms with Crippen LogP contribution in [0.3, 0.4) is 0 Å². The standard InChI is InChI=1S/C27H44NOSi3/c1-11-19-15-20-17-21(25(2,3)4)18-23(22(20)16-19)26-13-12-14-27(26,24(28)29)31(7,8)32(9,10)30(26,5)6/h15,17-18,28H,11-14,16H2,1-10H3. The predicted octanol–water partition coefficient (Wildman–Crippen LogP) is 7.14. The molecule has 1 saturated heterocycles. The zero-order chi connectivity index (χ0) is 24.1. The smallest absolute Gasteiger partial charge is 0.242 e. The molecule has 1 heterocycles. The number of carbonyl (C=O) groups excluding carboxylic acids is 1. The lowest BCUT2D eigenvalue weighted by molar-refractivity contribution is -0.122. The summed E-state index contributed by atoms with van der Waals surface area (Å²) in [5, 5.41) is -0.461. The molecule has 0 bridgehead atoms. The van der Waals surface area contributed by atoms with E-state index in [1.807, 2.05) is 0 Å². The van der Waals surface area contributed by atoms with Crippen LogP contribution in [-0.4, -0.2) is 28.2 Å². The Morgan fingerprint density at radius 1 is 1.03 bits per heavy atom. The third kappa shape index (κ3) is 2.48. The quantitative estimate of drug-likeness (QED) is 0.422. The summed E-state index contributed by atoms with van der Waals surface area (Å²) < 4.78 is 0. The summed E-state index contributed by atoms with van der Waals surface area (Å²) in [4.78, 5) is 13.7. The van der Waals surface area contributed by atoms with Crippen molar-refractivity contribution in [3.63, 3.8) is 0 Å². The van der Waals surface area contributed by atoms with Gasteiger partial charge in [0.05, 0.1) is 15.2 Å². The Kier molecular flexibility index (Phi) is 5.16. The van der Waals surface area contributed by atoms with Crippen molar-refractivity contribution < 1.29 is 4.79 Å². The van der Waals surface area contributed by atoms with Crippen molar-refractivity contribution in [3.8, 4) is 0 Å².